The lowest BCUT2D eigenvalue weighted by molar-refractivity contribution is -0.0606. The van der Waals surface area contributed by atoms with Gasteiger partial charge in [-0.05, 0) is 37.5 Å². The van der Waals surface area contributed by atoms with Gasteiger partial charge in [0.05, 0.1) is 18.2 Å². The molecule has 1 aliphatic rings. The Kier molecular flexibility index (Phi) is 9.43. The van der Waals surface area contributed by atoms with Gasteiger partial charge in [-0.15, -0.1) is 0 Å². The average Bonchev–Trinajstić information content (AvgIpc) is 3.20. The number of anilines is 2. The smallest absolute Gasteiger partial charge is 0.266 e. The highest BCUT2D eigenvalue weighted by Gasteiger charge is 2.49. The minimum absolute atomic E-state index is 0.0249. The maximum absolute atomic E-state index is 14.5. The fraction of sp³-hybridized carbons (Fsp3) is 0.520. The maximum Gasteiger partial charge on any atom is 0.266 e. The molecule has 12 heteroatoms. The van der Waals surface area contributed by atoms with Crippen LogP contribution in [0.3, 0.4) is 0 Å². The fourth-order valence-corrected chi connectivity index (χ4v) is 4.47. The van der Waals surface area contributed by atoms with Gasteiger partial charge in [0.1, 0.15) is 17.5 Å². The molecule has 1 fully saturated rings. The number of halogens is 2. The van der Waals surface area contributed by atoms with Crippen LogP contribution in [0.1, 0.15) is 42.6 Å². The van der Waals surface area contributed by atoms with Gasteiger partial charge in [0.15, 0.2) is 9.84 Å². The van der Waals surface area contributed by atoms with Crippen molar-refractivity contribution in [3.63, 3.8) is 0 Å². The zero-order valence-electron chi connectivity index (χ0n) is 21.2. The van der Waals surface area contributed by atoms with Crippen molar-refractivity contribution in [2.24, 2.45) is 0 Å². The van der Waals surface area contributed by atoms with Crippen LogP contribution in [0.2, 0.25) is 0 Å². The van der Waals surface area contributed by atoms with Gasteiger partial charge >= 0.3 is 0 Å². The monoisotopic (exact) mass is 539 g/mol. The lowest BCUT2D eigenvalue weighted by atomic mass is 9.93. The van der Waals surface area contributed by atoms with Crippen molar-refractivity contribution in [3.05, 3.63) is 53.6 Å². The quantitative estimate of drug-likeness (QED) is 0.278. The second-order valence-corrected chi connectivity index (χ2v) is 11.7. The molecule has 3 rings (SSSR count). The first kappa shape index (κ1) is 28.7. The molecule has 2 aromatic rings. The van der Waals surface area contributed by atoms with E-state index in [-0.39, 0.29) is 36.3 Å². The van der Waals surface area contributed by atoms with Gasteiger partial charge in [-0.25, -0.2) is 22.2 Å². The molecular weight excluding hydrogens is 504 g/mol. The number of sulfone groups is 1. The summed E-state index contributed by atoms with van der Waals surface area (Å²) in [6.45, 7) is 3.96. The molecule has 9 nitrogen and oxygen atoms in total. The van der Waals surface area contributed by atoms with Crippen LogP contribution < -0.4 is 21.3 Å². The number of benzene rings is 1. The van der Waals surface area contributed by atoms with E-state index in [0.717, 1.165) is 18.2 Å². The molecule has 204 valence electrons. The predicted octanol–water partition coefficient (Wildman–Crippen LogP) is 2.41. The normalized spacial score (nSPS) is 19.6. The summed E-state index contributed by atoms with van der Waals surface area (Å²) in [4.78, 5) is 17.7. The molecular formula is C25H35F2N5O4S. The number of carbonyl (C=O) groups is 1. The van der Waals surface area contributed by atoms with Gasteiger partial charge < -0.3 is 26.4 Å². The van der Waals surface area contributed by atoms with Crippen molar-refractivity contribution in [1.29, 1.82) is 0 Å². The first-order chi connectivity index (χ1) is 17.4. The topological polar surface area (TPSA) is 132 Å². The average molecular weight is 540 g/mol. The summed E-state index contributed by atoms with van der Waals surface area (Å²) in [5.74, 6) is -3.61. The molecule has 0 spiro atoms. The molecule has 1 saturated heterocycles. The summed E-state index contributed by atoms with van der Waals surface area (Å²) in [5, 5.41) is 22.2. The number of carbonyl (C=O) groups excluding carboxylic acids is 1. The second-order valence-electron chi connectivity index (χ2n) is 9.53. The number of amides is 1. The molecule has 1 aliphatic heterocycles. The SMILES string of the molecule is CCC(C)Nc1cc(C(=O)NC(Cc2ccccc2)[C@H](O)C2NCCC2(F)F)cc(NCS(C)(=O)=O)n1. The summed E-state index contributed by atoms with van der Waals surface area (Å²) in [7, 11) is -3.36. The van der Waals surface area contributed by atoms with Crippen LogP contribution >= 0.6 is 0 Å². The first-order valence-electron chi connectivity index (χ1n) is 12.2. The van der Waals surface area contributed by atoms with Crippen LogP contribution in [0.4, 0.5) is 20.4 Å². The van der Waals surface area contributed by atoms with Crippen LogP contribution in [0.15, 0.2) is 42.5 Å². The van der Waals surface area contributed by atoms with E-state index in [9.17, 15) is 27.1 Å². The van der Waals surface area contributed by atoms with Gasteiger partial charge in [0.25, 0.3) is 11.8 Å². The molecule has 37 heavy (non-hydrogen) atoms. The molecule has 1 amide bonds. The highest BCUT2D eigenvalue weighted by molar-refractivity contribution is 7.90. The number of aromatic nitrogens is 1. The van der Waals surface area contributed by atoms with E-state index < -0.39 is 46.3 Å². The minimum Gasteiger partial charge on any atom is -0.389 e. The summed E-state index contributed by atoms with van der Waals surface area (Å²) >= 11 is 0. The van der Waals surface area contributed by atoms with Gasteiger partial charge in [-0.2, -0.15) is 0 Å². The summed E-state index contributed by atoms with van der Waals surface area (Å²) in [5.41, 5.74) is 0.894. The molecule has 0 radical (unpaired) electrons. The van der Waals surface area contributed by atoms with Crippen LogP contribution in [0.5, 0.6) is 0 Å². The van der Waals surface area contributed by atoms with Gasteiger partial charge in [0.2, 0.25) is 0 Å². The molecule has 0 aliphatic carbocycles. The Morgan fingerprint density at radius 3 is 2.51 bits per heavy atom. The van der Waals surface area contributed by atoms with E-state index >= 15 is 0 Å². The van der Waals surface area contributed by atoms with Crippen molar-refractivity contribution in [2.75, 3.05) is 29.3 Å². The lowest BCUT2D eigenvalue weighted by Crippen LogP contribution is -2.56. The fourth-order valence-electron chi connectivity index (χ4n) is 4.06. The Bertz CT molecular complexity index is 1170. The molecule has 2 heterocycles. The molecule has 0 saturated carbocycles. The molecule has 1 aromatic heterocycles. The van der Waals surface area contributed by atoms with Gasteiger partial charge in [0, 0.05) is 30.8 Å². The number of nitrogens with one attached hydrogen (secondary N) is 4. The van der Waals surface area contributed by atoms with Crippen molar-refractivity contribution in [2.45, 2.75) is 63.3 Å². The second kappa shape index (κ2) is 12.1. The largest absolute Gasteiger partial charge is 0.389 e. The summed E-state index contributed by atoms with van der Waals surface area (Å²) < 4.78 is 52.2. The first-order valence-corrected chi connectivity index (χ1v) is 14.3. The number of rotatable bonds is 12. The Morgan fingerprint density at radius 2 is 1.92 bits per heavy atom. The van der Waals surface area contributed by atoms with E-state index in [1.165, 1.54) is 12.1 Å². The number of nitrogens with zero attached hydrogens (tertiary/aromatic N) is 1. The van der Waals surface area contributed by atoms with Gasteiger partial charge in [-0.3, -0.25) is 4.79 Å². The number of pyridine rings is 1. The molecule has 3 unspecified atom stereocenters. The summed E-state index contributed by atoms with van der Waals surface area (Å²) in [6.07, 6.45) is 0.00847. The number of hydrogen-bond acceptors (Lipinski definition) is 8. The van der Waals surface area contributed by atoms with Crippen LogP contribution in [-0.2, 0) is 16.3 Å². The third kappa shape index (κ3) is 8.34. The molecule has 0 bridgehead atoms. The van der Waals surface area contributed by atoms with E-state index in [1.807, 2.05) is 19.9 Å². The molecule has 4 atom stereocenters. The van der Waals surface area contributed by atoms with Crippen LogP contribution in [0.25, 0.3) is 0 Å². The number of aliphatic hydroxyl groups excluding tert-OH is 1. The van der Waals surface area contributed by atoms with Gasteiger partial charge in [-0.1, -0.05) is 37.3 Å². The van der Waals surface area contributed by atoms with Crippen molar-refractivity contribution in [1.82, 2.24) is 15.6 Å². The minimum atomic E-state index is -3.36. The third-order valence-electron chi connectivity index (χ3n) is 6.26. The van der Waals surface area contributed by atoms with E-state index in [1.54, 1.807) is 24.3 Å². The maximum atomic E-state index is 14.5. The highest BCUT2D eigenvalue weighted by Crippen LogP contribution is 2.31. The number of aliphatic hydroxyl groups is 1. The zero-order chi connectivity index (χ0) is 27.2. The highest BCUT2D eigenvalue weighted by atomic mass is 32.2. The van der Waals surface area contributed by atoms with E-state index in [2.05, 4.69) is 26.3 Å². The Labute approximate surface area is 216 Å². The van der Waals surface area contributed by atoms with Crippen molar-refractivity contribution in [3.8, 4) is 0 Å². The van der Waals surface area contributed by atoms with Crippen molar-refractivity contribution < 1.29 is 27.1 Å². The predicted molar refractivity (Wildman–Crippen MR) is 140 cm³/mol. The van der Waals surface area contributed by atoms with Crippen molar-refractivity contribution >= 4 is 27.4 Å². The Morgan fingerprint density at radius 1 is 1.24 bits per heavy atom. The molecule has 1 aromatic carbocycles. The van der Waals surface area contributed by atoms with E-state index in [4.69, 9.17) is 0 Å². The van der Waals surface area contributed by atoms with Crippen LogP contribution in [-0.4, -0.2) is 73.2 Å². The summed E-state index contributed by atoms with van der Waals surface area (Å²) in [6, 6.07) is 9.36. The standard InChI is InChI=1S/C25H35F2N5O4S/c1-4-16(2)30-21-14-18(13-20(32-21)29-15-37(3,35)36)24(34)31-19(12-17-8-6-5-7-9-17)22(33)23-25(26,27)10-11-28-23/h5-9,13-14,16,19,22-23,28,33H,4,10-12,15H2,1-3H3,(H,31,34)(H2,29,30,32)/t16?,19?,22-,23?/m0/s1. The third-order valence-corrected chi connectivity index (χ3v) is 6.92. The number of hydrogen-bond donors (Lipinski definition) is 5. The molecule has 5 N–H and O–H groups in total. The van der Waals surface area contributed by atoms with E-state index in [0.29, 0.717) is 5.82 Å². The lowest BCUT2D eigenvalue weighted by Gasteiger charge is -2.31. The number of alkyl halides is 2. The van der Waals surface area contributed by atoms with Crippen LogP contribution in [0, 0.1) is 0 Å². The zero-order valence-corrected chi connectivity index (χ0v) is 22.0. The Balaban J connectivity index is 1.89. The Hall–Kier alpha value is -2.83.